The van der Waals surface area contributed by atoms with Gasteiger partial charge in [-0.25, -0.2) is 4.98 Å². The summed E-state index contributed by atoms with van der Waals surface area (Å²) in [7, 11) is 1.58. The molecule has 2 heterocycles. The van der Waals surface area contributed by atoms with Gasteiger partial charge in [-0.15, -0.1) is 0 Å². The van der Waals surface area contributed by atoms with Crippen LogP contribution in [0.5, 0.6) is 11.5 Å². The molecule has 36 heavy (non-hydrogen) atoms. The van der Waals surface area contributed by atoms with Gasteiger partial charge in [-0.2, -0.15) is 9.78 Å². The number of nitrogens with two attached hydrogens (primary N) is 1. The van der Waals surface area contributed by atoms with Crippen LogP contribution < -0.4 is 20.8 Å². The Labute approximate surface area is 218 Å². The summed E-state index contributed by atoms with van der Waals surface area (Å²) in [5.74, 6) is 1.24. The van der Waals surface area contributed by atoms with Gasteiger partial charge in [0.2, 0.25) is 5.82 Å². The molecule has 1 amide bonds. The second-order valence-corrected chi connectivity index (χ2v) is 8.90. The predicted octanol–water partition coefficient (Wildman–Crippen LogP) is 4.17. The maximum atomic E-state index is 13.4. The van der Waals surface area contributed by atoms with E-state index in [0.29, 0.717) is 39.3 Å². The van der Waals surface area contributed by atoms with Crippen LogP contribution in [-0.2, 0) is 4.79 Å². The minimum absolute atomic E-state index is 0.215. The third-order valence-corrected chi connectivity index (χ3v) is 6.21. The molecule has 5 rings (SSSR count). The molecule has 10 heteroatoms. The van der Waals surface area contributed by atoms with Crippen LogP contribution in [0.2, 0.25) is 0 Å². The number of rotatable bonds is 7. The number of furan rings is 1. The molecular weight excluding hydrogens is 575 g/mol. The predicted molar refractivity (Wildman–Crippen MR) is 145 cm³/mol. The number of hydrogen-bond acceptors (Lipinski definition) is 7. The van der Waals surface area contributed by atoms with Crippen molar-refractivity contribution < 1.29 is 18.7 Å². The number of hydrogen-bond donors (Lipinski definition) is 1. The summed E-state index contributed by atoms with van der Waals surface area (Å²) >= 11 is 2.09. The topological polar surface area (TPSA) is 122 Å². The van der Waals surface area contributed by atoms with Crippen molar-refractivity contribution in [2.24, 2.45) is 10.8 Å². The maximum absolute atomic E-state index is 13.4. The average molecular weight is 594 g/mol. The number of nitrogens with zero attached hydrogens (tertiary/aromatic N) is 3. The van der Waals surface area contributed by atoms with Gasteiger partial charge < -0.3 is 19.6 Å². The highest BCUT2D eigenvalue weighted by Crippen LogP contribution is 2.33. The van der Waals surface area contributed by atoms with E-state index in [1.54, 1.807) is 49.7 Å². The van der Waals surface area contributed by atoms with E-state index >= 15 is 0 Å². The van der Waals surface area contributed by atoms with Crippen molar-refractivity contribution >= 4 is 56.6 Å². The van der Waals surface area contributed by atoms with Gasteiger partial charge in [-0.3, -0.25) is 9.59 Å². The van der Waals surface area contributed by atoms with Crippen LogP contribution in [0.3, 0.4) is 0 Å². The SMILES string of the molecule is COc1cccc2oc(-c3nc4ccccc4c(=O)n3N=Cc3ccc(OCC(N)=O)c(I)c3)cc12. The van der Waals surface area contributed by atoms with E-state index in [1.165, 1.54) is 4.68 Å². The molecule has 3 aromatic carbocycles. The minimum atomic E-state index is -0.560. The Morgan fingerprint density at radius 3 is 2.72 bits per heavy atom. The van der Waals surface area contributed by atoms with Crippen LogP contribution in [-0.4, -0.2) is 35.5 Å². The summed E-state index contributed by atoms with van der Waals surface area (Å²) in [5, 5.41) is 5.65. The Morgan fingerprint density at radius 2 is 1.94 bits per heavy atom. The molecule has 0 aliphatic heterocycles. The third kappa shape index (κ3) is 4.54. The first-order chi connectivity index (χ1) is 17.4. The largest absolute Gasteiger partial charge is 0.496 e. The molecule has 0 radical (unpaired) electrons. The lowest BCUT2D eigenvalue weighted by molar-refractivity contribution is -0.119. The number of primary amides is 1. The molecule has 0 saturated heterocycles. The number of carbonyl (C=O) groups is 1. The Kier molecular flexibility index (Phi) is 6.42. The molecule has 0 unspecified atom stereocenters. The molecular formula is C26H19IN4O5. The summed E-state index contributed by atoms with van der Waals surface area (Å²) in [6, 6.07) is 19.6. The summed E-state index contributed by atoms with van der Waals surface area (Å²) < 4.78 is 18.9. The van der Waals surface area contributed by atoms with Gasteiger partial charge in [0.1, 0.15) is 17.1 Å². The van der Waals surface area contributed by atoms with E-state index in [4.69, 9.17) is 24.6 Å². The van der Waals surface area contributed by atoms with Crippen molar-refractivity contribution in [1.82, 2.24) is 9.66 Å². The summed E-state index contributed by atoms with van der Waals surface area (Å²) in [4.78, 5) is 29.1. The van der Waals surface area contributed by atoms with Crippen LogP contribution in [0.4, 0.5) is 0 Å². The number of para-hydroxylation sites is 1. The Morgan fingerprint density at radius 1 is 1.11 bits per heavy atom. The van der Waals surface area contributed by atoms with Gasteiger partial charge in [-0.1, -0.05) is 18.2 Å². The van der Waals surface area contributed by atoms with E-state index < -0.39 is 5.91 Å². The second-order valence-electron chi connectivity index (χ2n) is 7.74. The molecule has 0 aliphatic rings. The first-order valence-corrected chi connectivity index (χ1v) is 11.9. The molecule has 0 bridgehead atoms. The zero-order chi connectivity index (χ0) is 25.2. The van der Waals surface area contributed by atoms with Crippen molar-refractivity contribution in [3.8, 4) is 23.1 Å². The Balaban J connectivity index is 1.61. The van der Waals surface area contributed by atoms with Gasteiger partial charge in [0.05, 0.1) is 33.2 Å². The number of aromatic nitrogens is 2. The van der Waals surface area contributed by atoms with Crippen molar-refractivity contribution in [2.75, 3.05) is 13.7 Å². The highest BCUT2D eigenvalue weighted by atomic mass is 127. The van der Waals surface area contributed by atoms with E-state index in [9.17, 15) is 9.59 Å². The zero-order valence-corrected chi connectivity index (χ0v) is 21.1. The van der Waals surface area contributed by atoms with Crippen LogP contribution in [0.15, 0.2) is 81.0 Å². The third-order valence-electron chi connectivity index (χ3n) is 5.36. The van der Waals surface area contributed by atoms with Gasteiger partial charge in [0.25, 0.3) is 11.5 Å². The number of amides is 1. The minimum Gasteiger partial charge on any atom is -0.496 e. The quantitative estimate of drug-likeness (QED) is 0.223. The summed E-state index contributed by atoms with van der Waals surface area (Å²) in [5.41, 5.74) is 6.65. The lowest BCUT2D eigenvalue weighted by Gasteiger charge is -2.08. The van der Waals surface area contributed by atoms with Crippen LogP contribution in [0.1, 0.15) is 5.56 Å². The first kappa shape index (κ1) is 23.5. The Bertz CT molecular complexity index is 1710. The Hall–Kier alpha value is -4.19. The fraction of sp³-hybridized carbons (Fsp3) is 0.0769. The van der Waals surface area contributed by atoms with Gasteiger partial charge in [-0.05, 0) is 76.7 Å². The van der Waals surface area contributed by atoms with Crippen molar-refractivity contribution in [3.63, 3.8) is 0 Å². The fourth-order valence-electron chi connectivity index (χ4n) is 3.70. The van der Waals surface area contributed by atoms with Gasteiger partial charge >= 0.3 is 0 Å². The summed E-state index contributed by atoms with van der Waals surface area (Å²) in [6.45, 7) is -0.215. The average Bonchev–Trinajstić information content (AvgIpc) is 3.32. The van der Waals surface area contributed by atoms with E-state index in [1.807, 2.05) is 30.3 Å². The number of carbonyl (C=O) groups excluding carboxylic acids is 1. The molecule has 0 atom stereocenters. The normalized spacial score (nSPS) is 11.4. The number of benzene rings is 3. The van der Waals surface area contributed by atoms with Gasteiger partial charge in [0, 0.05) is 0 Å². The molecule has 180 valence electrons. The molecule has 9 nitrogen and oxygen atoms in total. The van der Waals surface area contributed by atoms with Crippen LogP contribution in [0.25, 0.3) is 33.5 Å². The van der Waals surface area contributed by atoms with Gasteiger partial charge in [0.15, 0.2) is 12.4 Å². The van der Waals surface area contributed by atoms with E-state index in [2.05, 4.69) is 27.7 Å². The molecule has 2 aromatic heterocycles. The smallest absolute Gasteiger partial charge is 0.282 e. The first-order valence-electron chi connectivity index (χ1n) is 10.8. The van der Waals surface area contributed by atoms with Crippen LogP contribution in [0, 0.1) is 3.57 Å². The molecule has 5 aromatic rings. The molecule has 0 aliphatic carbocycles. The van der Waals surface area contributed by atoms with Crippen molar-refractivity contribution in [2.45, 2.75) is 0 Å². The van der Waals surface area contributed by atoms with E-state index in [0.717, 1.165) is 8.96 Å². The highest BCUT2D eigenvalue weighted by molar-refractivity contribution is 14.1. The zero-order valence-electron chi connectivity index (χ0n) is 19.0. The molecule has 0 fully saturated rings. The lowest BCUT2D eigenvalue weighted by Crippen LogP contribution is -2.20. The van der Waals surface area contributed by atoms with Crippen molar-refractivity contribution in [3.05, 3.63) is 86.2 Å². The maximum Gasteiger partial charge on any atom is 0.282 e. The molecule has 0 saturated carbocycles. The number of methoxy groups -OCH3 is 1. The van der Waals surface area contributed by atoms with E-state index in [-0.39, 0.29) is 18.0 Å². The van der Waals surface area contributed by atoms with Crippen LogP contribution >= 0.6 is 22.6 Å². The molecule has 0 spiro atoms. The highest BCUT2D eigenvalue weighted by Gasteiger charge is 2.18. The fourth-order valence-corrected chi connectivity index (χ4v) is 4.40. The number of fused-ring (bicyclic) bond motifs is 2. The number of halogens is 1. The second kappa shape index (κ2) is 9.82. The lowest BCUT2D eigenvalue weighted by atomic mass is 10.2. The summed E-state index contributed by atoms with van der Waals surface area (Å²) in [6.07, 6.45) is 1.55. The number of ether oxygens (including phenoxy) is 2. The van der Waals surface area contributed by atoms with Crippen molar-refractivity contribution in [1.29, 1.82) is 0 Å². The monoisotopic (exact) mass is 594 g/mol. The molecule has 2 N–H and O–H groups in total. The standard InChI is InChI=1S/C26H19IN4O5/c1-34-20-7-4-8-21-17(20)12-23(36-21)25-30-19-6-3-2-5-16(19)26(33)31(25)29-13-15-9-10-22(18(27)11-15)35-14-24(28)32/h2-13H,14H2,1H3,(H2,28,32).